The van der Waals surface area contributed by atoms with E-state index < -0.39 is 0 Å². The van der Waals surface area contributed by atoms with Crippen molar-refractivity contribution in [2.75, 3.05) is 0 Å². The van der Waals surface area contributed by atoms with E-state index in [1.165, 1.54) is 49.7 Å². The van der Waals surface area contributed by atoms with E-state index in [-0.39, 0.29) is 0 Å². The maximum absolute atomic E-state index is 6.46. The molecule has 2 nitrogen and oxygen atoms in total. The van der Waals surface area contributed by atoms with Gasteiger partial charge in [0, 0.05) is 10.8 Å². The van der Waals surface area contributed by atoms with Crippen LogP contribution in [0, 0.1) is 22.7 Å². The lowest BCUT2D eigenvalue weighted by atomic mass is 9.57. The Morgan fingerprint density at radius 1 is 0.600 bits per heavy atom. The molecule has 2 fully saturated rings. The molecule has 4 atom stereocenters. The van der Waals surface area contributed by atoms with Gasteiger partial charge in [0.1, 0.15) is 23.7 Å². The summed E-state index contributed by atoms with van der Waals surface area (Å²) in [6.45, 7) is 13.9. The molecule has 4 rings (SSSR count). The second-order valence-corrected chi connectivity index (χ2v) is 11.7. The number of ether oxygens (including phenoxy) is 2. The first kappa shape index (κ1) is 26.1. The molecule has 0 spiro atoms. The van der Waals surface area contributed by atoms with Gasteiger partial charge in [-0.2, -0.15) is 0 Å². The SMILES string of the molecule is CCC1(CC)CC(C)C1Oc1ccc(CCCc2ccc(O[C@H]3C(C)CC3(CC)CC)cc2)cc1. The van der Waals surface area contributed by atoms with E-state index in [1.54, 1.807) is 0 Å². The van der Waals surface area contributed by atoms with Crippen LogP contribution in [0.3, 0.4) is 0 Å². The van der Waals surface area contributed by atoms with Crippen LogP contribution in [0.5, 0.6) is 11.5 Å². The number of hydrogen-bond donors (Lipinski definition) is 0. The van der Waals surface area contributed by atoms with Crippen LogP contribution >= 0.6 is 0 Å². The number of aryl methyl sites for hydroxylation is 2. The lowest BCUT2D eigenvalue weighted by Gasteiger charge is -2.53. The van der Waals surface area contributed by atoms with Gasteiger partial charge in [-0.1, -0.05) is 65.8 Å². The van der Waals surface area contributed by atoms with Gasteiger partial charge in [0.25, 0.3) is 0 Å². The summed E-state index contributed by atoms with van der Waals surface area (Å²) in [6, 6.07) is 17.7. The van der Waals surface area contributed by atoms with Crippen molar-refractivity contribution in [1.82, 2.24) is 0 Å². The lowest BCUT2D eigenvalue weighted by Crippen LogP contribution is -2.54. The maximum Gasteiger partial charge on any atom is 0.119 e. The highest BCUT2D eigenvalue weighted by Crippen LogP contribution is 2.53. The summed E-state index contributed by atoms with van der Waals surface area (Å²) in [5.74, 6) is 3.37. The number of benzene rings is 2. The van der Waals surface area contributed by atoms with Crippen molar-refractivity contribution >= 4 is 0 Å². The molecule has 3 unspecified atom stereocenters. The molecule has 2 aliphatic rings. The highest BCUT2D eigenvalue weighted by atomic mass is 16.5. The Morgan fingerprint density at radius 2 is 0.943 bits per heavy atom. The van der Waals surface area contributed by atoms with Crippen molar-refractivity contribution in [3.05, 3.63) is 59.7 Å². The van der Waals surface area contributed by atoms with Crippen LogP contribution in [0.15, 0.2) is 48.5 Å². The zero-order valence-corrected chi connectivity index (χ0v) is 23.1. The van der Waals surface area contributed by atoms with E-state index in [2.05, 4.69) is 90.1 Å². The summed E-state index contributed by atoms with van der Waals surface area (Å²) < 4.78 is 12.9. The van der Waals surface area contributed by atoms with Crippen LogP contribution in [0.1, 0.15) is 97.6 Å². The van der Waals surface area contributed by atoms with Crippen molar-refractivity contribution in [1.29, 1.82) is 0 Å². The van der Waals surface area contributed by atoms with Crippen molar-refractivity contribution in [2.24, 2.45) is 22.7 Å². The van der Waals surface area contributed by atoms with Crippen LogP contribution in [-0.2, 0) is 12.8 Å². The van der Waals surface area contributed by atoms with E-state index >= 15 is 0 Å². The molecule has 2 aliphatic carbocycles. The minimum Gasteiger partial charge on any atom is -0.490 e. The van der Waals surface area contributed by atoms with Crippen LogP contribution in [-0.4, -0.2) is 12.2 Å². The van der Waals surface area contributed by atoms with E-state index in [4.69, 9.17) is 9.47 Å². The summed E-state index contributed by atoms with van der Waals surface area (Å²) in [5.41, 5.74) is 3.55. The first-order chi connectivity index (χ1) is 16.9. The fourth-order valence-electron chi connectivity index (χ4n) is 7.24. The second-order valence-electron chi connectivity index (χ2n) is 11.7. The van der Waals surface area contributed by atoms with Gasteiger partial charge in [0.2, 0.25) is 0 Å². The molecule has 0 radical (unpaired) electrons. The first-order valence-corrected chi connectivity index (χ1v) is 14.4. The average Bonchev–Trinajstić information content (AvgIpc) is 2.89. The summed E-state index contributed by atoms with van der Waals surface area (Å²) >= 11 is 0. The minimum atomic E-state index is 0.364. The largest absolute Gasteiger partial charge is 0.490 e. The molecule has 2 aromatic carbocycles. The van der Waals surface area contributed by atoms with E-state index in [9.17, 15) is 0 Å². The molecular formula is C33H48O2. The smallest absolute Gasteiger partial charge is 0.119 e. The third kappa shape index (κ3) is 5.27. The standard InChI is InChI=1S/C33H48O2/c1-7-32(8-2)22-24(5)30(32)34-28-18-14-26(15-19-28)12-11-13-27-16-20-29(21-17-27)35-31-25(6)23-33(31,9-3)10-4/h14-21,24-25,30-31H,7-13,22-23H2,1-6H3/t24?,25?,30-,31?/m0/s1. The predicted molar refractivity (Wildman–Crippen MR) is 147 cm³/mol. The van der Waals surface area contributed by atoms with Gasteiger partial charge in [-0.15, -0.1) is 0 Å². The summed E-state index contributed by atoms with van der Waals surface area (Å²) in [7, 11) is 0. The molecule has 192 valence electrons. The van der Waals surface area contributed by atoms with Gasteiger partial charge >= 0.3 is 0 Å². The Labute approximate surface area is 214 Å². The maximum atomic E-state index is 6.46. The fraction of sp³-hybridized carbons (Fsp3) is 0.636. The van der Waals surface area contributed by atoms with Crippen LogP contribution in [0.2, 0.25) is 0 Å². The topological polar surface area (TPSA) is 18.5 Å². The summed E-state index contributed by atoms with van der Waals surface area (Å²) in [4.78, 5) is 0. The zero-order valence-electron chi connectivity index (χ0n) is 23.1. The predicted octanol–water partition coefficient (Wildman–Crippen LogP) is 9.05. The molecular weight excluding hydrogens is 428 g/mol. The van der Waals surface area contributed by atoms with Crippen molar-refractivity contribution in [2.45, 2.75) is 112 Å². The molecule has 0 saturated heterocycles. The quantitative estimate of drug-likeness (QED) is 0.304. The Bertz CT molecular complexity index is 843. The third-order valence-electron chi connectivity index (χ3n) is 9.82. The van der Waals surface area contributed by atoms with Gasteiger partial charge in [0.05, 0.1) is 0 Å². The van der Waals surface area contributed by atoms with Gasteiger partial charge in [0.15, 0.2) is 0 Å². The van der Waals surface area contributed by atoms with Gasteiger partial charge < -0.3 is 9.47 Å². The molecule has 0 aromatic heterocycles. The van der Waals surface area contributed by atoms with Crippen LogP contribution in [0.4, 0.5) is 0 Å². The fourth-order valence-corrected chi connectivity index (χ4v) is 7.24. The minimum absolute atomic E-state index is 0.364. The molecule has 0 heterocycles. The average molecular weight is 477 g/mol. The van der Waals surface area contributed by atoms with E-state index in [0.29, 0.717) is 34.9 Å². The molecule has 35 heavy (non-hydrogen) atoms. The van der Waals surface area contributed by atoms with Crippen molar-refractivity contribution in [3.63, 3.8) is 0 Å². The molecule has 0 N–H and O–H groups in total. The van der Waals surface area contributed by atoms with Gasteiger partial charge in [-0.25, -0.2) is 0 Å². The monoisotopic (exact) mass is 476 g/mol. The van der Waals surface area contributed by atoms with Gasteiger partial charge in [-0.05, 0) is 105 Å². The zero-order chi connectivity index (χ0) is 25.1. The third-order valence-corrected chi connectivity index (χ3v) is 9.82. The van der Waals surface area contributed by atoms with Crippen LogP contribution < -0.4 is 9.47 Å². The summed E-state index contributed by atoms with van der Waals surface area (Å²) in [5, 5.41) is 0. The Morgan fingerprint density at radius 3 is 1.23 bits per heavy atom. The normalized spacial score (nSPS) is 26.5. The first-order valence-electron chi connectivity index (χ1n) is 14.4. The highest BCUT2D eigenvalue weighted by molar-refractivity contribution is 5.30. The van der Waals surface area contributed by atoms with Crippen molar-refractivity contribution in [3.8, 4) is 11.5 Å². The van der Waals surface area contributed by atoms with E-state index in [0.717, 1.165) is 30.8 Å². The van der Waals surface area contributed by atoms with Crippen molar-refractivity contribution < 1.29 is 9.47 Å². The van der Waals surface area contributed by atoms with E-state index in [1.807, 2.05) is 0 Å². The molecule has 2 aromatic rings. The van der Waals surface area contributed by atoms with Gasteiger partial charge in [-0.3, -0.25) is 0 Å². The molecule has 0 aliphatic heterocycles. The summed E-state index contributed by atoms with van der Waals surface area (Å²) in [6.07, 6.45) is 11.5. The Balaban J connectivity index is 1.24. The number of rotatable bonds is 12. The van der Waals surface area contributed by atoms with Crippen LogP contribution in [0.25, 0.3) is 0 Å². The molecule has 2 saturated carbocycles. The second kappa shape index (κ2) is 11.0. The molecule has 0 bridgehead atoms. The Kier molecular flexibility index (Phi) is 8.19. The lowest BCUT2D eigenvalue weighted by molar-refractivity contribution is -0.101. The molecule has 2 heteroatoms. The number of hydrogen-bond acceptors (Lipinski definition) is 2. The highest BCUT2D eigenvalue weighted by Gasteiger charge is 2.51. The Hall–Kier alpha value is -1.96. The molecule has 0 amide bonds.